The molecule has 0 radical (unpaired) electrons. The number of pyridine rings is 1. The Bertz CT molecular complexity index is 336. The van der Waals surface area contributed by atoms with E-state index in [1.807, 2.05) is 18.5 Å². The lowest BCUT2D eigenvalue weighted by molar-refractivity contribution is 0.318. The normalized spacial score (nSPS) is 32.1. The first-order chi connectivity index (χ1) is 7.92. The van der Waals surface area contributed by atoms with Crippen molar-refractivity contribution in [3.63, 3.8) is 0 Å². The van der Waals surface area contributed by atoms with Crippen LogP contribution in [0.5, 0.6) is 0 Å². The fraction of sp³-hybridized carbons (Fsp3) is 0.643. The van der Waals surface area contributed by atoms with Crippen LogP contribution in [0.25, 0.3) is 0 Å². The number of rotatable bonds is 4. The lowest BCUT2D eigenvalue weighted by Crippen LogP contribution is -2.26. The van der Waals surface area contributed by atoms with Crippen LogP contribution in [0.1, 0.15) is 31.2 Å². The first kappa shape index (κ1) is 10.3. The second kappa shape index (κ2) is 4.54. The van der Waals surface area contributed by atoms with E-state index >= 15 is 0 Å². The Kier molecular flexibility index (Phi) is 2.92. The van der Waals surface area contributed by atoms with Gasteiger partial charge in [-0.15, -0.1) is 0 Å². The third kappa shape index (κ3) is 2.12. The van der Waals surface area contributed by atoms with Gasteiger partial charge in [-0.3, -0.25) is 4.98 Å². The molecule has 86 valence electrons. The summed E-state index contributed by atoms with van der Waals surface area (Å²) in [5.74, 6) is 3.05. The highest BCUT2D eigenvalue weighted by Crippen LogP contribution is 2.47. The molecule has 2 bridgehead atoms. The van der Waals surface area contributed by atoms with Crippen LogP contribution in [0.3, 0.4) is 0 Å². The predicted octanol–water partition coefficient (Wildman–Crippen LogP) is 2.61. The Morgan fingerprint density at radius 2 is 2.31 bits per heavy atom. The summed E-state index contributed by atoms with van der Waals surface area (Å²) in [5.41, 5.74) is 1.30. The molecule has 3 rings (SSSR count). The monoisotopic (exact) mass is 216 g/mol. The lowest BCUT2D eigenvalue weighted by atomic mass is 9.89. The molecule has 0 saturated heterocycles. The van der Waals surface area contributed by atoms with Gasteiger partial charge in [-0.2, -0.15) is 0 Å². The largest absolute Gasteiger partial charge is 0.312 e. The van der Waals surface area contributed by atoms with E-state index < -0.39 is 0 Å². The molecule has 16 heavy (non-hydrogen) atoms. The van der Waals surface area contributed by atoms with Crippen molar-refractivity contribution < 1.29 is 0 Å². The van der Waals surface area contributed by atoms with Gasteiger partial charge in [0.1, 0.15) is 0 Å². The summed E-state index contributed by atoms with van der Waals surface area (Å²) in [5, 5.41) is 3.59. The molecular formula is C14H20N2. The van der Waals surface area contributed by atoms with E-state index in [-0.39, 0.29) is 0 Å². The fourth-order valence-corrected chi connectivity index (χ4v) is 3.53. The van der Waals surface area contributed by atoms with Gasteiger partial charge < -0.3 is 5.32 Å². The summed E-state index contributed by atoms with van der Waals surface area (Å²) in [7, 11) is 0. The molecule has 0 aliphatic heterocycles. The van der Waals surface area contributed by atoms with Crippen molar-refractivity contribution in [2.24, 2.45) is 17.8 Å². The fourth-order valence-electron chi connectivity index (χ4n) is 3.53. The summed E-state index contributed by atoms with van der Waals surface area (Å²) in [6, 6.07) is 4.15. The van der Waals surface area contributed by atoms with Gasteiger partial charge in [-0.1, -0.05) is 12.5 Å². The zero-order valence-electron chi connectivity index (χ0n) is 9.73. The van der Waals surface area contributed by atoms with E-state index in [2.05, 4.69) is 16.4 Å². The van der Waals surface area contributed by atoms with Crippen LogP contribution in [0.15, 0.2) is 24.5 Å². The average molecular weight is 216 g/mol. The summed E-state index contributed by atoms with van der Waals surface area (Å²) >= 11 is 0. The van der Waals surface area contributed by atoms with Crippen molar-refractivity contribution in [1.82, 2.24) is 10.3 Å². The number of fused-ring (bicyclic) bond motifs is 2. The molecule has 2 saturated carbocycles. The predicted molar refractivity (Wildman–Crippen MR) is 64.9 cm³/mol. The molecule has 0 amide bonds. The highest BCUT2D eigenvalue weighted by Gasteiger charge is 2.38. The minimum Gasteiger partial charge on any atom is -0.312 e. The molecular weight excluding hydrogens is 196 g/mol. The minimum atomic E-state index is 0.954. The highest BCUT2D eigenvalue weighted by molar-refractivity contribution is 5.07. The van der Waals surface area contributed by atoms with Crippen molar-refractivity contribution in [2.45, 2.75) is 32.2 Å². The number of nitrogens with zero attached hydrogens (tertiary/aromatic N) is 1. The van der Waals surface area contributed by atoms with Crippen molar-refractivity contribution >= 4 is 0 Å². The topological polar surface area (TPSA) is 24.9 Å². The molecule has 0 spiro atoms. The Balaban J connectivity index is 1.44. The molecule has 1 N–H and O–H groups in total. The molecule has 3 atom stereocenters. The number of nitrogens with one attached hydrogen (secondary N) is 1. The van der Waals surface area contributed by atoms with E-state index in [9.17, 15) is 0 Å². The average Bonchev–Trinajstić information content (AvgIpc) is 2.92. The molecule has 1 heterocycles. The molecule has 0 aromatic carbocycles. The summed E-state index contributed by atoms with van der Waals surface area (Å²) in [4.78, 5) is 4.13. The Hall–Kier alpha value is -0.890. The van der Waals surface area contributed by atoms with Gasteiger partial charge in [-0.25, -0.2) is 0 Å². The molecule has 1 aromatic heterocycles. The van der Waals surface area contributed by atoms with Crippen molar-refractivity contribution in [3.05, 3.63) is 30.1 Å². The van der Waals surface area contributed by atoms with E-state index in [4.69, 9.17) is 0 Å². The van der Waals surface area contributed by atoms with Crippen molar-refractivity contribution in [3.8, 4) is 0 Å². The molecule has 2 nitrogen and oxygen atoms in total. The Morgan fingerprint density at radius 3 is 3.00 bits per heavy atom. The minimum absolute atomic E-state index is 0.954. The van der Waals surface area contributed by atoms with Gasteiger partial charge in [0.05, 0.1) is 0 Å². The standard InChI is InChI=1S/C14H20N2/c1-2-12(8-15-5-1)9-16-10-14-7-11-3-4-13(14)6-11/h1-2,5,8,11,13-14,16H,3-4,6-7,9-10H2. The summed E-state index contributed by atoms with van der Waals surface area (Å²) in [6.07, 6.45) is 9.77. The van der Waals surface area contributed by atoms with E-state index in [0.717, 1.165) is 24.3 Å². The van der Waals surface area contributed by atoms with Crippen LogP contribution in [0.2, 0.25) is 0 Å². The maximum Gasteiger partial charge on any atom is 0.0312 e. The van der Waals surface area contributed by atoms with Gasteiger partial charge >= 0.3 is 0 Å². The molecule has 3 unspecified atom stereocenters. The van der Waals surface area contributed by atoms with Gasteiger partial charge in [0.25, 0.3) is 0 Å². The number of hydrogen-bond donors (Lipinski definition) is 1. The SMILES string of the molecule is c1cncc(CNCC2CC3CCC2C3)c1. The molecule has 1 aromatic rings. The zero-order valence-corrected chi connectivity index (χ0v) is 9.73. The van der Waals surface area contributed by atoms with Crippen molar-refractivity contribution in [2.75, 3.05) is 6.54 Å². The second-order valence-electron chi connectivity index (χ2n) is 5.43. The zero-order chi connectivity index (χ0) is 10.8. The van der Waals surface area contributed by atoms with Gasteiger partial charge in [-0.05, 0) is 55.2 Å². The van der Waals surface area contributed by atoms with Crippen LogP contribution in [-0.2, 0) is 6.54 Å². The maximum atomic E-state index is 4.13. The quantitative estimate of drug-likeness (QED) is 0.837. The number of hydrogen-bond acceptors (Lipinski definition) is 2. The molecule has 2 aliphatic carbocycles. The molecule has 2 aliphatic rings. The van der Waals surface area contributed by atoms with Crippen LogP contribution in [0.4, 0.5) is 0 Å². The third-order valence-corrected chi connectivity index (χ3v) is 4.34. The third-order valence-electron chi connectivity index (χ3n) is 4.34. The van der Waals surface area contributed by atoms with Crippen LogP contribution >= 0.6 is 0 Å². The maximum absolute atomic E-state index is 4.13. The first-order valence-electron chi connectivity index (χ1n) is 6.51. The number of aromatic nitrogens is 1. The van der Waals surface area contributed by atoms with Gasteiger partial charge in [0, 0.05) is 18.9 Å². The Morgan fingerprint density at radius 1 is 1.31 bits per heavy atom. The molecule has 2 fully saturated rings. The second-order valence-corrected chi connectivity index (χ2v) is 5.43. The smallest absolute Gasteiger partial charge is 0.0312 e. The van der Waals surface area contributed by atoms with Crippen LogP contribution < -0.4 is 5.32 Å². The lowest BCUT2D eigenvalue weighted by Gasteiger charge is -2.21. The molecule has 2 heteroatoms. The van der Waals surface area contributed by atoms with E-state index in [1.165, 1.54) is 37.8 Å². The van der Waals surface area contributed by atoms with E-state index in [0.29, 0.717) is 0 Å². The van der Waals surface area contributed by atoms with Crippen molar-refractivity contribution in [1.29, 1.82) is 0 Å². The van der Waals surface area contributed by atoms with Gasteiger partial charge in [0.15, 0.2) is 0 Å². The summed E-state index contributed by atoms with van der Waals surface area (Å²) in [6.45, 7) is 2.18. The Labute approximate surface area is 97.5 Å². The van der Waals surface area contributed by atoms with E-state index in [1.54, 1.807) is 0 Å². The summed E-state index contributed by atoms with van der Waals surface area (Å²) < 4.78 is 0. The van der Waals surface area contributed by atoms with Crippen LogP contribution in [0, 0.1) is 17.8 Å². The first-order valence-corrected chi connectivity index (χ1v) is 6.51. The van der Waals surface area contributed by atoms with Crippen LogP contribution in [-0.4, -0.2) is 11.5 Å². The van der Waals surface area contributed by atoms with Gasteiger partial charge in [0.2, 0.25) is 0 Å². The highest BCUT2D eigenvalue weighted by atomic mass is 14.9.